The van der Waals surface area contributed by atoms with E-state index < -0.39 is 17.7 Å². The minimum Gasteiger partial charge on any atom is -0.481 e. The number of nitrogens with zero attached hydrogens (tertiary/aromatic N) is 2. The van der Waals surface area contributed by atoms with E-state index in [1.165, 1.54) is 12.1 Å². The maximum atomic E-state index is 12.8. The molecule has 0 saturated carbocycles. The Morgan fingerprint density at radius 1 is 1.19 bits per heavy atom. The van der Waals surface area contributed by atoms with Gasteiger partial charge in [0.2, 0.25) is 0 Å². The number of aliphatic carboxylic acids is 1. The fourth-order valence-electron chi connectivity index (χ4n) is 3.50. The molecule has 1 heterocycles. The van der Waals surface area contributed by atoms with Crippen LogP contribution in [0.5, 0.6) is 0 Å². The molecule has 0 aliphatic rings. The number of carboxylic acids is 1. The smallest absolute Gasteiger partial charge is 0.416 e. The number of hydrogen-bond acceptors (Lipinski definition) is 3. The number of hydrogen-bond donors (Lipinski definition) is 1. The van der Waals surface area contributed by atoms with E-state index in [1.807, 2.05) is 32.2 Å². The van der Waals surface area contributed by atoms with Gasteiger partial charge in [-0.2, -0.15) is 18.3 Å². The average molecular weight is 463 g/mol. The van der Waals surface area contributed by atoms with Gasteiger partial charge in [0, 0.05) is 28.3 Å². The molecular weight excluding hydrogens is 437 g/mol. The van der Waals surface area contributed by atoms with Crippen molar-refractivity contribution >= 4 is 17.7 Å². The van der Waals surface area contributed by atoms with Gasteiger partial charge in [0.1, 0.15) is 0 Å². The van der Waals surface area contributed by atoms with Crippen LogP contribution >= 0.6 is 11.8 Å². The molecule has 0 aliphatic carbocycles. The lowest BCUT2D eigenvalue weighted by Gasteiger charge is -2.13. The van der Waals surface area contributed by atoms with Crippen LogP contribution in [0.4, 0.5) is 13.2 Å². The van der Waals surface area contributed by atoms with Crippen molar-refractivity contribution in [3.63, 3.8) is 0 Å². The molecule has 1 N–H and O–H groups in total. The topological polar surface area (TPSA) is 55.1 Å². The molecular formula is C24H25F3N2O2S. The molecule has 1 unspecified atom stereocenters. The van der Waals surface area contributed by atoms with Gasteiger partial charge in [-0.3, -0.25) is 4.79 Å². The van der Waals surface area contributed by atoms with Crippen LogP contribution in [0.2, 0.25) is 0 Å². The number of thioether (sulfide) groups is 1. The molecule has 32 heavy (non-hydrogen) atoms. The van der Waals surface area contributed by atoms with Crippen molar-refractivity contribution in [2.75, 3.05) is 0 Å². The van der Waals surface area contributed by atoms with Gasteiger partial charge < -0.3 is 5.11 Å². The van der Waals surface area contributed by atoms with Gasteiger partial charge in [0.05, 0.1) is 16.9 Å². The van der Waals surface area contributed by atoms with Crippen LogP contribution in [-0.4, -0.2) is 20.9 Å². The van der Waals surface area contributed by atoms with E-state index in [2.05, 4.69) is 18.1 Å². The minimum absolute atomic E-state index is 0.0809. The van der Waals surface area contributed by atoms with E-state index in [1.54, 1.807) is 16.4 Å². The molecule has 4 nitrogen and oxygen atoms in total. The lowest BCUT2D eigenvalue weighted by Crippen LogP contribution is -2.05. The molecule has 8 heteroatoms. The number of alkyl halides is 3. The summed E-state index contributed by atoms with van der Waals surface area (Å²) in [7, 11) is 0. The van der Waals surface area contributed by atoms with Gasteiger partial charge in [-0.1, -0.05) is 13.0 Å². The lowest BCUT2D eigenvalue weighted by molar-refractivity contribution is -0.138. The number of halogens is 3. The molecule has 0 spiro atoms. The van der Waals surface area contributed by atoms with Crippen molar-refractivity contribution in [2.45, 2.75) is 56.4 Å². The monoisotopic (exact) mass is 462 g/mol. The third kappa shape index (κ3) is 5.73. The Morgan fingerprint density at radius 3 is 2.44 bits per heavy atom. The fraction of sp³-hybridized carbons (Fsp3) is 0.333. The molecule has 1 atom stereocenters. The maximum Gasteiger partial charge on any atom is 0.416 e. The summed E-state index contributed by atoms with van der Waals surface area (Å²) in [6, 6.07) is 11.0. The Balaban J connectivity index is 1.78. The second-order valence-electron chi connectivity index (χ2n) is 7.62. The molecule has 2 aromatic carbocycles. The van der Waals surface area contributed by atoms with Gasteiger partial charge in [-0.15, -0.1) is 11.8 Å². The molecule has 170 valence electrons. The zero-order valence-electron chi connectivity index (χ0n) is 18.1. The zero-order valence-corrected chi connectivity index (χ0v) is 18.9. The van der Waals surface area contributed by atoms with Gasteiger partial charge in [-0.05, 0) is 74.2 Å². The standard InChI is InChI=1S/C24H25F3N2O2S/c1-4-22-21(14-29(28-22)19-9-7-18(8-10-19)24(25,26)27)16(3)32-20-11-5-17(15(2)13-20)6-12-23(30)31/h5,7-11,13-14,16H,4,6,12H2,1-3H3,(H,30,31). The first kappa shape index (κ1) is 23.9. The summed E-state index contributed by atoms with van der Waals surface area (Å²) in [5.41, 5.74) is 3.91. The molecule has 0 saturated heterocycles. The minimum atomic E-state index is -4.37. The highest BCUT2D eigenvalue weighted by Gasteiger charge is 2.30. The highest BCUT2D eigenvalue weighted by Crippen LogP contribution is 2.37. The lowest BCUT2D eigenvalue weighted by atomic mass is 10.0. The Kier molecular flexibility index (Phi) is 7.33. The summed E-state index contributed by atoms with van der Waals surface area (Å²) >= 11 is 1.67. The molecule has 0 amide bonds. The molecule has 0 aliphatic heterocycles. The Labute approximate surface area is 189 Å². The van der Waals surface area contributed by atoms with E-state index in [0.717, 1.165) is 39.4 Å². The SMILES string of the molecule is CCc1nn(-c2ccc(C(F)(F)F)cc2)cc1C(C)Sc1ccc(CCC(=O)O)c(C)c1. The molecule has 0 fully saturated rings. The van der Waals surface area contributed by atoms with E-state index in [4.69, 9.17) is 5.11 Å². The summed E-state index contributed by atoms with van der Waals surface area (Å²) in [6.07, 6.45) is -1.17. The first-order valence-corrected chi connectivity index (χ1v) is 11.2. The van der Waals surface area contributed by atoms with Crippen molar-refractivity contribution in [2.24, 2.45) is 0 Å². The number of carbonyl (C=O) groups is 1. The molecule has 0 bridgehead atoms. The quantitative estimate of drug-likeness (QED) is 0.382. The average Bonchev–Trinajstić information content (AvgIpc) is 3.17. The second-order valence-corrected chi connectivity index (χ2v) is 9.03. The van der Waals surface area contributed by atoms with E-state index in [-0.39, 0.29) is 11.7 Å². The summed E-state index contributed by atoms with van der Waals surface area (Å²) in [4.78, 5) is 11.9. The Hall–Kier alpha value is -2.74. The number of carboxylic acid groups (broad SMARTS) is 1. The molecule has 0 radical (unpaired) electrons. The molecule has 3 aromatic rings. The predicted molar refractivity (Wildman–Crippen MR) is 119 cm³/mol. The number of rotatable bonds is 8. The highest BCUT2D eigenvalue weighted by molar-refractivity contribution is 7.99. The van der Waals surface area contributed by atoms with Crippen molar-refractivity contribution in [3.8, 4) is 5.69 Å². The third-order valence-corrected chi connectivity index (χ3v) is 6.42. The summed E-state index contributed by atoms with van der Waals surface area (Å²) in [5, 5.41) is 13.6. The first-order valence-electron chi connectivity index (χ1n) is 10.3. The van der Waals surface area contributed by atoms with Crippen molar-refractivity contribution < 1.29 is 23.1 Å². The molecule has 3 rings (SSSR count). The Bertz CT molecular complexity index is 1090. The number of aromatic nitrogens is 2. The van der Waals surface area contributed by atoms with Crippen LogP contribution in [0.25, 0.3) is 5.69 Å². The van der Waals surface area contributed by atoms with Crippen LogP contribution in [-0.2, 0) is 23.8 Å². The van der Waals surface area contributed by atoms with E-state index in [9.17, 15) is 18.0 Å². The van der Waals surface area contributed by atoms with Crippen molar-refractivity contribution in [1.29, 1.82) is 0 Å². The van der Waals surface area contributed by atoms with Crippen LogP contribution in [0.3, 0.4) is 0 Å². The number of aryl methyl sites for hydroxylation is 3. The van der Waals surface area contributed by atoms with E-state index in [0.29, 0.717) is 18.5 Å². The molecule has 1 aromatic heterocycles. The third-order valence-electron chi connectivity index (χ3n) is 5.29. The highest BCUT2D eigenvalue weighted by atomic mass is 32.2. The van der Waals surface area contributed by atoms with Gasteiger partial charge >= 0.3 is 12.1 Å². The maximum absolute atomic E-state index is 12.8. The van der Waals surface area contributed by atoms with Gasteiger partial charge in [-0.25, -0.2) is 4.68 Å². The van der Waals surface area contributed by atoms with Gasteiger partial charge in [0.15, 0.2) is 0 Å². The van der Waals surface area contributed by atoms with Crippen molar-refractivity contribution in [1.82, 2.24) is 9.78 Å². The summed E-state index contributed by atoms with van der Waals surface area (Å²) in [6.45, 7) is 6.05. The summed E-state index contributed by atoms with van der Waals surface area (Å²) in [5.74, 6) is -0.811. The van der Waals surface area contributed by atoms with Crippen LogP contribution in [0, 0.1) is 6.92 Å². The van der Waals surface area contributed by atoms with Crippen LogP contribution < -0.4 is 0 Å². The second kappa shape index (κ2) is 9.81. The normalized spacial score (nSPS) is 12.7. The number of benzene rings is 2. The predicted octanol–water partition coefficient (Wildman–Crippen LogP) is 6.63. The van der Waals surface area contributed by atoms with E-state index >= 15 is 0 Å². The zero-order chi connectivity index (χ0) is 23.5. The summed E-state index contributed by atoms with van der Waals surface area (Å²) < 4.78 is 40.1. The van der Waals surface area contributed by atoms with Crippen LogP contribution in [0.1, 0.15) is 53.5 Å². The first-order chi connectivity index (χ1) is 15.1. The van der Waals surface area contributed by atoms with Crippen LogP contribution in [0.15, 0.2) is 53.6 Å². The Morgan fingerprint density at radius 2 is 1.88 bits per heavy atom. The largest absolute Gasteiger partial charge is 0.481 e. The van der Waals surface area contributed by atoms with Crippen molar-refractivity contribution in [3.05, 3.63) is 76.6 Å². The van der Waals surface area contributed by atoms with Gasteiger partial charge in [0.25, 0.3) is 0 Å². The fourth-order valence-corrected chi connectivity index (χ4v) is 4.63.